The van der Waals surface area contributed by atoms with Crippen LogP contribution in [0.2, 0.25) is 5.15 Å². The van der Waals surface area contributed by atoms with Crippen LogP contribution in [0.15, 0.2) is 22.7 Å². The van der Waals surface area contributed by atoms with Crippen molar-refractivity contribution < 1.29 is 14.1 Å². The summed E-state index contributed by atoms with van der Waals surface area (Å²) in [7, 11) is 1.61. The summed E-state index contributed by atoms with van der Waals surface area (Å²) in [6.07, 6.45) is 2.73. The number of hydrogen-bond donors (Lipinski definition) is 1. The van der Waals surface area contributed by atoms with Crippen molar-refractivity contribution in [3.8, 4) is 0 Å². The van der Waals surface area contributed by atoms with Crippen molar-refractivity contribution in [3.63, 3.8) is 0 Å². The van der Waals surface area contributed by atoms with Gasteiger partial charge in [0, 0.05) is 37.4 Å². The first kappa shape index (κ1) is 17.0. The van der Waals surface area contributed by atoms with E-state index in [0.29, 0.717) is 28.6 Å². The number of amides is 2. The molecule has 1 fully saturated rings. The Kier molecular flexibility index (Phi) is 5.20. The number of aryl methyl sites for hydroxylation is 1. The average molecular weight is 368 g/mol. The third-order valence-electron chi connectivity index (χ3n) is 4.09. The Morgan fingerprint density at radius 2 is 2.33 bits per heavy atom. The molecule has 1 atom stereocenters. The predicted molar refractivity (Wildman–Crippen MR) is 91.2 cm³/mol. The zero-order chi connectivity index (χ0) is 17.1. The minimum atomic E-state index is -0.0932. The fraction of sp³-hybridized carbons (Fsp3) is 0.438. The number of thiophene rings is 1. The quantitative estimate of drug-likeness (QED) is 0.881. The van der Waals surface area contributed by atoms with E-state index in [1.807, 2.05) is 17.0 Å². The number of likely N-dealkylation sites (tertiary alicyclic amines) is 1. The van der Waals surface area contributed by atoms with Crippen molar-refractivity contribution in [2.75, 3.05) is 13.6 Å². The standard InChI is InChI=1S/C16H18ClN3O3S/c1-18-16(22)13-6-5-12(24-13)11-3-2-8-20(11)15(21)7-4-10-9-14(17)19-23-10/h5-6,9,11H,2-4,7-8H2,1H3,(H,18,22)/t11-/m1/s1. The molecule has 3 heterocycles. The molecule has 1 N–H and O–H groups in total. The molecule has 128 valence electrons. The predicted octanol–water partition coefficient (Wildman–Crippen LogP) is 3.05. The van der Waals surface area contributed by atoms with Crippen LogP contribution in [-0.2, 0) is 11.2 Å². The molecule has 2 aromatic rings. The zero-order valence-electron chi connectivity index (χ0n) is 13.3. The number of rotatable bonds is 5. The SMILES string of the molecule is CNC(=O)c1ccc([C@H]2CCCN2C(=O)CCc2cc(Cl)no2)s1. The molecule has 0 aliphatic carbocycles. The first-order valence-electron chi connectivity index (χ1n) is 7.81. The summed E-state index contributed by atoms with van der Waals surface area (Å²) in [6, 6.07) is 5.45. The highest BCUT2D eigenvalue weighted by atomic mass is 35.5. The fourth-order valence-corrected chi connectivity index (χ4v) is 4.18. The van der Waals surface area contributed by atoms with Crippen molar-refractivity contribution in [1.82, 2.24) is 15.4 Å². The van der Waals surface area contributed by atoms with Gasteiger partial charge in [-0.3, -0.25) is 9.59 Å². The molecule has 1 aliphatic rings. The monoisotopic (exact) mass is 367 g/mol. The maximum absolute atomic E-state index is 12.6. The van der Waals surface area contributed by atoms with Crippen LogP contribution in [0.4, 0.5) is 0 Å². The largest absolute Gasteiger partial charge is 0.360 e. The summed E-state index contributed by atoms with van der Waals surface area (Å²) in [5.74, 6) is 0.603. The van der Waals surface area contributed by atoms with Crippen LogP contribution in [0, 0.1) is 0 Å². The second kappa shape index (κ2) is 7.36. The fourth-order valence-electron chi connectivity index (χ4n) is 2.92. The number of carbonyl (C=O) groups is 2. The number of hydrogen-bond acceptors (Lipinski definition) is 5. The molecule has 6 nitrogen and oxygen atoms in total. The van der Waals surface area contributed by atoms with Gasteiger partial charge in [0.1, 0.15) is 5.76 Å². The van der Waals surface area contributed by atoms with Gasteiger partial charge in [0.15, 0.2) is 5.15 Å². The van der Waals surface area contributed by atoms with Crippen molar-refractivity contribution in [2.24, 2.45) is 0 Å². The molecule has 3 rings (SSSR count). The van der Waals surface area contributed by atoms with E-state index < -0.39 is 0 Å². The minimum Gasteiger partial charge on any atom is -0.360 e. The number of nitrogens with one attached hydrogen (secondary N) is 1. The average Bonchev–Trinajstić information content (AvgIpc) is 3.31. The highest BCUT2D eigenvalue weighted by Gasteiger charge is 2.31. The minimum absolute atomic E-state index is 0.0548. The molecular formula is C16H18ClN3O3S. The molecule has 0 saturated carbocycles. The Hall–Kier alpha value is -1.86. The lowest BCUT2D eigenvalue weighted by Crippen LogP contribution is -2.30. The number of aromatic nitrogens is 1. The lowest BCUT2D eigenvalue weighted by molar-refractivity contribution is -0.132. The van der Waals surface area contributed by atoms with Gasteiger partial charge < -0.3 is 14.7 Å². The molecule has 2 aromatic heterocycles. The third kappa shape index (κ3) is 3.62. The van der Waals surface area contributed by atoms with E-state index in [0.717, 1.165) is 24.3 Å². The van der Waals surface area contributed by atoms with E-state index in [1.165, 1.54) is 11.3 Å². The summed E-state index contributed by atoms with van der Waals surface area (Å²) in [5.41, 5.74) is 0. The van der Waals surface area contributed by atoms with Gasteiger partial charge in [-0.2, -0.15) is 0 Å². The number of halogens is 1. The Bertz CT molecular complexity index is 743. The Labute approximate surface area is 148 Å². The van der Waals surface area contributed by atoms with Gasteiger partial charge in [-0.25, -0.2) is 0 Å². The van der Waals surface area contributed by atoms with Gasteiger partial charge in [0.05, 0.1) is 10.9 Å². The molecule has 0 aromatic carbocycles. The molecule has 1 saturated heterocycles. The second-order valence-corrected chi connectivity index (χ2v) is 7.14. The van der Waals surface area contributed by atoms with E-state index in [1.54, 1.807) is 13.1 Å². The van der Waals surface area contributed by atoms with Gasteiger partial charge in [-0.1, -0.05) is 16.8 Å². The van der Waals surface area contributed by atoms with Crippen molar-refractivity contribution >= 4 is 34.8 Å². The molecule has 0 unspecified atom stereocenters. The normalized spacial score (nSPS) is 17.2. The first-order chi connectivity index (χ1) is 11.6. The lowest BCUT2D eigenvalue weighted by atomic mass is 10.1. The van der Waals surface area contributed by atoms with Gasteiger partial charge >= 0.3 is 0 Å². The van der Waals surface area contributed by atoms with Crippen LogP contribution in [0.1, 0.15) is 45.6 Å². The maximum Gasteiger partial charge on any atom is 0.261 e. The van der Waals surface area contributed by atoms with Gasteiger partial charge in [0.2, 0.25) is 5.91 Å². The molecule has 0 spiro atoms. The van der Waals surface area contributed by atoms with Gasteiger partial charge in [0.25, 0.3) is 5.91 Å². The van der Waals surface area contributed by atoms with Crippen molar-refractivity contribution in [2.45, 2.75) is 31.7 Å². The zero-order valence-corrected chi connectivity index (χ0v) is 14.8. The summed E-state index contributed by atoms with van der Waals surface area (Å²) >= 11 is 7.16. The van der Waals surface area contributed by atoms with Crippen LogP contribution in [0.3, 0.4) is 0 Å². The molecule has 1 aliphatic heterocycles. The topological polar surface area (TPSA) is 75.4 Å². The van der Waals surface area contributed by atoms with Crippen LogP contribution < -0.4 is 5.32 Å². The van der Waals surface area contributed by atoms with Crippen LogP contribution in [0.5, 0.6) is 0 Å². The maximum atomic E-state index is 12.6. The summed E-state index contributed by atoms with van der Waals surface area (Å²) < 4.78 is 5.04. The summed E-state index contributed by atoms with van der Waals surface area (Å²) in [4.78, 5) is 27.9. The Balaban J connectivity index is 1.65. The highest BCUT2D eigenvalue weighted by molar-refractivity contribution is 7.14. The number of carbonyl (C=O) groups excluding carboxylic acids is 2. The molecular weight excluding hydrogens is 350 g/mol. The Morgan fingerprint density at radius 1 is 1.50 bits per heavy atom. The molecule has 0 radical (unpaired) electrons. The molecule has 24 heavy (non-hydrogen) atoms. The Morgan fingerprint density at radius 3 is 3.04 bits per heavy atom. The van der Waals surface area contributed by atoms with E-state index in [4.69, 9.17) is 16.1 Å². The van der Waals surface area contributed by atoms with E-state index >= 15 is 0 Å². The van der Waals surface area contributed by atoms with E-state index in [-0.39, 0.29) is 17.9 Å². The third-order valence-corrected chi connectivity index (χ3v) is 5.46. The molecule has 8 heteroatoms. The van der Waals surface area contributed by atoms with E-state index in [2.05, 4.69) is 10.5 Å². The van der Waals surface area contributed by atoms with Crippen LogP contribution in [-0.4, -0.2) is 35.5 Å². The van der Waals surface area contributed by atoms with Crippen LogP contribution in [0.25, 0.3) is 0 Å². The summed E-state index contributed by atoms with van der Waals surface area (Å²) in [5, 5.41) is 6.54. The number of nitrogens with zero attached hydrogens (tertiary/aromatic N) is 2. The smallest absolute Gasteiger partial charge is 0.261 e. The van der Waals surface area contributed by atoms with Crippen molar-refractivity contribution in [3.05, 3.63) is 38.9 Å². The highest BCUT2D eigenvalue weighted by Crippen LogP contribution is 2.36. The lowest BCUT2D eigenvalue weighted by Gasteiger charge is -2.23. The van der Waals surface area contributed by atoms with Crippen LogP contribution >= 0.6 is 22.9 Å². The van der Waals surface area contributed by atoms with Gasteiger partial charge in [-0.05, 0) is 25.0 Å². The summed E-state index contributed by atoms with van der Waals surface area (Å²) in [6.45, 7) is 0.744. The first-order valence-corrected chi connectivity index (χ1v) is 9.00. The molecule has 0 bridgehead atoms. The second-order valence-electron chi connectivity index (χ2n) is 5.64. The van der Waals surface area contributed by atoms with Crippen molar-refractivity contribution in [1.29, 1.82) is 0 Å². The van der Waals surface area contributed by atoms with Gasteiger partial charge in [-0.15, -0.1) is 11.3 Å². The van der Waals surface area contributed by atoms with E-state index in [9.17, 15) is 9.59 Å². The molecule has 2 amide bonds.